The highest BCUT2D eigenvalue weighted by molar-refractivity contribution is 5.96. The van der Waals surface area contributed by atoms with Gasteiger partial charge in [0.05, 0.1) is 13.2 Å². The molecule has 19 nitrogen and oxygen atoms in total. The van der Waals surface area contributed by atoms with Crippen LogP contribution in [0.1, 0.15) is 133 Å². The number of benzene rings is 2. The molecule has 372 valence electrons. The van der Waals surface area contributed by atoms with Gasteiger partial charge in [-0.05, 0) is 61.1 Å². The van der Waals surface area contributed by atoms with Gasteiger partial charge in [0.1, 0.15) is 35.7 Å². The predicted octanol–water partition coefficient (Wildman–Crippen LogP) is 2.86. The third-order valence-corrected chi connectivity index (χ3v) is 12.1. The Bertz CT molecular complexity index is 1970. The summed E-state index contributed by atoms with van der Waals surface area (Å²) in [6.07, 6.45) is 13.6. The third-order valence-electron chi connectivity index (χ3n) is 12.1. The summed E-state index contributed by atoms with van der Waals surface area (Å²) in [6.45, 7) is 0.503. The van der Waals surface area contributed by atoms with Crippen molar-refractivity contribution in [2.24, 2.45) is 5.73 Å². The lowest BCUT2D eigenvalue weighted by Crippen LogP contribution is -2.59. The topological polar surface area (TPSA) is 301 Å². The first-order valence-corrected chi connectivity index (χ1v) is 23.6. The van der Waals surface area contributed by atoms with Crippen LogP contribution in [-0.2, 0) is 40.0 Å². The van der Waals surface area contributed by atoms with Crippen LogP contribution in [0, 0.1) is 0 Å². The van der Waals surface area contributed by atoms with Crippen LogP contribution in [-0.4, -0.2) is 135 Å². The van der Waals surface area contributed by atoms with E-state index < -0.39 is 79.0 Å². The van der Waals surface area contributed by atoms with Crippen LogP contribution in [0.3, 0.4) is 0 Å². The molecule has 0 aromatic heterocycles. The summed E-state index contributed by atoms with van der Waals surface area (Å²) in [7, 11) is 2.62. The fraction of sp³-hybridized carbons (Fsp3) is 0.604. The first kappa shape index (κ1) is 55.5. The largest absolute Gasteiger partial charge is 0.507 e. The van der Waals surface area contributed by atoms with Crippen molar-refractivity contribution in [1.82, 2.24) is 31.1 Å². The number of rotatable bonds is 27. The predicted molar refractivity (Wildman–Crippen MR) is 250 cm³/mol. The Kier molecular flexibility index (Phi) is 24.1. The van der Waals surface area contributed by atoms with E-state index in [1.807, 2.05) is 0 Å². The maximum absolute atomic E-state index is 14.2. The molecule has 0 spiro atoms. The number of carboxylic acid groups (broad SMARTS) is 1. The number of aliphatic hydroxyl groups is 2. The maximum atomic E-state index is 14.2. The van der Waals surface area contributed by atoms with Crippen LogP contribution in [0.4, 0.5) is 0 Å². The standard InChI is InChI=1S/C48H73N7O12/c1-4-5-6-7-8-9-10-11-12-13-14-15-16-20-40(60)54(2)37(30-57)45(63)53-43(49)47(65)50-29-41(61)55(3)42-32-22-24-39(59)34(28-32)33-26-31(21-23-38(33)58)27-36(48(66)67)52-44(62)35(51-46(42)64)19-17-18-25-56/h21-24,26,28,35-37,42-43,56-59H,4-20,25,27,29-30,49H2,1-3H3,(H,50,65)(H,51,64)(H,52,62)(H,53,63)(H,66,67)/t35-,36-,37+,42-,43-/m0/s1. The number of amides is 6. The van der Waals surface area contributed by atoms with Crippen molar-refractivity contribution in [2.75, 3.05) is 33.9 Å². The molecule has 2 aromatic rings. The Morgan fingerprint density at radius 2 is 1.33 bits per heavy atom. The van der Waals surface area contributed by atoms with Gasteiger partial charge in [0.25, 0.3) is 5.91 Å². The molecular formula is C48H73N7O12. The Hall–Kier alpha value is -5.79. The first-order valence-electron chi connectivity index (χ1n) is 23.6. The van der Waals surface area contributed by atoms with Gasteiger partial charge in [-0.2, -0.15) is 0 Å². The number of phenols is 2. The molecule has 1 aliphatic heterocycles. The van der Waals surface area contributed by atoms with E-state index in [2.05, 4.69) is 28.2 Å². The molecule has 67 heavy (non-hydrogen) atoms. The van der Waals surface area contributed by atoms with E-state index in [1.165, 1.54) is 102 Å². The average Bonchev–Trinajstić information content (AvgIpc) is 3.29. The van der Waals surface area contributed by atoms with Gasteiger partial charge in [-0.25, -0.2) is 4.79 Å². The summed E-state index contributed by atoms with van der Waals surface area (Å²) in [6, 6.07) is 2.44. The average molecular weight is 940 g/mol. The van der Waals surface area contributed by atoms with Gasteiger partial charge in [0.15, 0.2) is 6.17 Å². The second-order valence-electron chi connectivity index (χ2n) is 17.3. The van der Waals surface area contributed by atoms with Gasteiger partial charge in [-0.3, -0.25) is 28.8 Å². The Morgan fingerprint density at radius 3 is 1.91 bits per heavy atom. The zero-order valence-corrected chi connectivity index (χ0v) is 39.3. The Morgan fingerprint density at radius 1 is 0.746 bits per heavy atom. The number of unbranched alkanes of at least 4 members (excludes halogenated alkanes) is 13. The van der Waals surface area contributed by atoms with Crippen molar-refractivity contribution in [3.63, 3.8) is 0 Å². The summed E-state index contributed by atoms with van der Waals surface area (Å²) in [5.41, 5.74) is 6.56. The van der Waals surface area contributed by atoms with Gasteiger partial charge in [0.2, 0.25) is 29.5 Å². The fourth-order valence-electron chi connectivity index (χ4n) is 7.99. The van der Waals surface area contributed by atoms with Gasteiger partial charge < -0.3 is 62.3 Å². The molecule has 0 saturated carbocycles. The van der Waals surface area contributed by atoms with Gasteiger partial charge in [0, 0.05) is 44.7 Å². The Balaban J connectivity index is 1.67. The number of carboxylic acids is 1. The van der Waals surface area contributed by atoms with E-state index in [0.29, 0.717) is 12.0 Å². The van der Waals surface area contributed by atoms with Crippen molar-refractivity contribution in [3.05, 3.63) is 47.5 Å². The second-order valence-corrected chi connectivity index (χ2v) is 17.3. The molecule has 2 aromatic carbocycles. The molecule has 4 bridgehead atoms. The summed E-state index contributed by atoms with van der Waals surface area (Å²) in [4.78, 5) is 95.1. The molecule has 11 N–H and O–H groups in total. The van der Waals surface area contributed by atoms with Gasteiger partial charge >= 0.3 is 5.97 Å². The summed E-state index contributed by atoms with van der Waals surface area (Å²) < 4.78 is 0. The smallest absolute Gasteiger partial charge is 0.326 e. The monoisotopic (exact) mass is 940 g/mol. The highest BCUT2D eigenvalue weighted by atomic mass is 16.4. The number of carbonyl (C=O) groups excluding carboxylic acids is 6. The number of aromatic hydroxyl groups is 2. The molecule has 1 aliphatic rings. The number of hydrogen-bond donors (Lipinski definition) is 10. The van der Waals surface area contributed by atoms with E-state index in [1.54, 1.807) is 0 Å². The molecule has 5 atom stereocenters. The van der Waals surface area contributed by atoms with Gasteiger partial charge in [-0.1, -0.05) is 96.1 Å². The number of nitrogens with zero attached hydrogens (tertiary/aromatic N) is 2. The van der Waals surface area contributed by atoms with E-state index in [-0.39, 0.29) is 72.8 Å². The maximum Gasteiger partial charge on any atom is 0.326 e. The molecule has 0 unspecified atom stereocenters. The lowest BCUT2D eigenvalue weighted by atomic mass is 9.93. The van der Waals surface area contributed by atoms with E-state index in [0.717, 1.165) is 35.5 Å². The molecule has 19 heteroatoms. The molecule has 0 fully saturated rings. The minimum Gasteiger partial charge on any atom is -0.507 e. The van der Waals surface area contributed by atoms with Crippen LogP contribution < -0.4 is 27.0 Å². The molecule has 3 rings (SSSR count). The molecule has 0 radical (unpaired) electrons. The summed E-state index contributed by atoms with van der Waals surface area (Å²) in [5, 5.41) is 60.8. The van der Waals surface area contributed by atoms with Gasteiger partial charge in [-0.15, -0.1) is 0 Å². The molecule has 0 aliphatic carbocycles. The van der Waals surface area contributed by atoms with E-state index in [4.69, 9.17) is 5.73 Å². The van der Waals surface area contributed by atoms with Crippen LogP contribution in [0.2, 0.25) is 0 Å². The van der Waals surface area contributed by atoms with Crippen LogP contribution in [0.5, 0.6) is 11.5 Å². The van der Waals surface area contributed by atoms with Crippen molar-refractivity contribution in [2.45, 2.75) is 153 Å². The zero-order chi connectivity index (χ0) is 49.5. The number of hydrogen-bond acceptors (Lipinski definition) is 12. The van der Waals surface area contributed by atoms with Crippen LogP contribution in [0.25, 0.3) is 11.1 Å². The number of carbonyl (C=O) groups is 7. The molecular weight excluding hydrogens is 867 g/mol. The zero-order valence-electron chi connectivity index (χ0n) is 39.3. The first-order chi connectivity index (χ1) is 32.0. The number of likely N-dealkylation sites (N-methyl/N-ethyl adjacent to an activating group) is 2. The minimum absolute atomic E-state index is 0.0146. The highest BCUT2D eigenvalue weighted by Crippen LogP contribution is 2.38. The van der Waals surface area contributed by atoms with Crippen molar-refractivity contribution in [1.29, 1.82) is 0 Å². The summed E-state index contributed by atoms with van der Waals surface area (Å²) in [5.74, 6) is -6.88. The summed E-state index contributed by atoms with van der Waals surface area (Å²) >= 11 is 0. The fourth-order valence-corrected chi connectivity index (χ4v) is 7.99. The number of aliphatic hydroxyl groups excluding tert-OH is 2. The quantitative estimate of drug-likeness (QED) is 0.0456. The SMILES string of the molecule is CCCCCCCCCCCCCCCC(=O)N(C)[C@H](CO)C(=O)N[C@H](N)C(=O)NCC(=O)N(C)[C@@H]1C(=O)N[C@@H](CCCCO)C(=O)N[C@H](C(=O)O)Cc2ccc(O)c(c2)-c2cc1ccc2O. The van der Waals surface area contributed by atoms with Crippen molar-refractivity contribution < 1.29 is 59.1 Å². The minimum atomic E-state index is -1.72. The van der Waals surface area contributed by atoms with Crippen molar-refractivity contribution >= 4 is 41.4 Å². The van der Waals surface area contributed by atoms with E-state index in [9.17, 15) is 59.1 Å². The van der Waals surface area contributed by atoms with Crippen LogP contribution in [0.15, 0.2) is 36.4 Å². The normalized spacial score (nSPS) is 17.0. The lowest BCUT2D eigenvalue weighted by Gasteiger charge is -2.31. The molecule has 0 saturated heterocycles. The number of nitrogens with two attached hydrogens (primary N) is 1. The molecule has 6 amide bonds. The number of fused-ring (bicyclic) bond motifs is 5. The lowest BCUT2D eigenvalue weighted by molar-refractivity contribution is -0.143. The number of nitrogens with one attached hydrogen (secondary N) is 4. The number of phenolic OH excluding ortho intramolecular Hbond substituents is 2. The number of aliphatic carboxylic acids is 1. The Labute approximate surface area is 393 Å². The third kappa shape index (κ3) is 17.7. The van der Waals surface area contributed by atoms with Crippen LogP contribution >= 0.6 is 0 Å². The second kappa shape index (κ2) is 29.1. The highest BCUT2D eigenvalue weighted by Gasteiger charge is 2.35. The van der Waals surface area contributed by atoms with E-state index >= 15 is 0 Å². The van der Waals surface area contributed by atoms with Crippen molar-refractivity contribution in [3.8, 4) is 22.6 Å². The molecule has 1 heterocycles.